The number of aryl methyl sites for hydroxylation is 1. The molecule has 1 aliphatic heterocycles. The molecule has 2 aromatic carbocycles. The lowest BCUT2D eigenvalue weighted by Crippen LogP contribution is -2.32. The van der Waals surface area contributed by atoms with E-state index in [9.17, 15) is 4.79 Å². The molecule has 0 spiro atoms. The molecule has 1 fully saturated rings. The van der Waals surface area contributed by atoms with Crippen molar-refractivity contribution in [3.05, 3.63) is 48.0 Å². The highest BCUT2D eigenvalue weighted by molar-refractivity contribution is 8.00. The molecule has 180 valence electrons. The highest BCUT2D eigenvalue weighted by Crippen LogP contribution is 2.37. The average Bonchev–Trinajstić information content (AvgIpc) is 3.56. The van der Waals surface area contributed by atoms with Gasteiger partial charge in [0.1, 0.15) is 10.9 Å². The van der Waals surface area contributed by atoms with Gasteiger partial charge in [0.25, 0.3) is 0 Å². The first-order valence-corrected chi connectivity index (χ1v) is 12.5. The molecule has 0 saturated carbocycles. The van der Waals surface area contributed by atoms with Crippen molar-refractivity contribution in [1.82, 2.24) is 15.3 Å². The average molecular weight is 482 g/mol. The Morgan fingerprint density at radius 1 is 1.15 bits per heavy atom. The van der Waals surface area contributed by atoms with Gasteiger partial charge in [-0.25, -0.2) is 4.98 Å². The predicted molar refractivity (Wildman–Crippen MR) is 135 cm³/mol. The molecule has 4 rings (SSSR count). The van der Waals surface area contributed by atoms with E-state index in [1.54, 1.807) is 14.2 Å². The van der Waals surface area contributed by atoms with Gasteiger partial charge in [0.2, 0.25) is 5.91 Å². The standard InChI is InChI=1S/C26H31N3O4S/c1-4-17-7-9-18(10-8-17)25-28-24(19-11-12-21(31-2)22(14-19)32-3)26(29-25)34-16-23(30)27-15-20-6-5-13-33-20/h7-12,14,20H,4-6,13,15-16H2,1-3H3,(H,27,30)(H,28,29)/t20-/m1/s1. The molecule has 0 bridgehead atoms. The lowest BCUT2D eigenvalue weighted by Gasteiger charge is -2.11. The summed E-state index contributed by atoms with van der Waals surface area (Å²) in [5.74, 6) is 2.29. The number of H-pyrrole nitrogens is 1. The lowest BCUT2D eigenvalue weighted by atomic mass is 10.1. The molecule has 0 unspecified atom stereocenters. The number of methoxy groups -OCH3 is 2. The van der Waals surface area contributed by atoms with Gasteiger partial charge in [0.15, 0.2) is 11.5 Å². The Balaban J connectivity index is 1.57. The second kappa shape index (κ2) is 11.4. The third-order valence-corrected chi connectivity index (χ3v) is 6.84. The first-order chi connectivity index (χ1) is 16.6. The number of nitrogens with one attached hydrogen (secondary N) is 2. The van der Waals surface area contributed by atoms with Gasteiger partial charge in [0, 0.05) is 24.3 Å². The van der Waals surface area contributed by atoms with E-state index in [0.717, 1.165) is 53.5 Å². The third-order valence-electron chi connectivity index (χ3n) is 5.87. The van der Waals surface area contributed by atoms with Crippen LogP contribution in [0.5, 0.6) is 11.5 Å². The smallest absolute Gasteiger partial charge is 0.230 e. The molecule has 1 saturated heterocycles. The van der Waals surface area contributed by atoms with Gasteiger partial charge in [-0.1, -0.05) is 43.0 Å². The van der Waals surface area contributed by atoms with Crippen molar-refractivity contribution in [2.75, 3.05) is 33.1 Å². The fourth-order valence-electron chi connectivity index (χ4n) is 3.90. The molecular weight excluding hydrogens is 450 g/mol. The first kappa shape index (κ1) is 24.2. The number of carbonyl (C=O) groups is 1. The highest BCUT2D eigenvalue weighted by Gasteiger charge is 2.19. The van der Waals surface area contributed by atoms with E-state index in [1.165, 1.54) is 17.3 Å². The van der Waals surface area contributed by atoms with Crippen molar-refractivity contribution >= 4 is 17.7 Å². The van der Waals surface area contributed by atoms with Crippen molar-refractivity contribution in [3.63, 3.8) is 0 Å². The summed E-state index contributed by atoms with van der Waals surface area (Å²) in [4.78, 5) is 20.8. The second-order valence-corrected chi connectivity index (χ2v) is 9.08. The largest absolute Gasteiger partial charge is 0.493 e. The third kappa shape index (κ3) is 5.74. The Morgan fingerprint density at radius 3 is 2.59 bits per heavy atom. The van der Waals surface area contributed by atoms with Crippen LogP contribution in [-0.4, -0.2) is 55.1 Å². The molecule has 2 heterocycles. The van der Waals surface area contributed by atoms with E-state index in [-0.39, 0.29) is 17.8 Å². The molecule has 0 aliphatic carbocycles. The van der Waals surface area contributed by atoms with E-state index in [0.29, 0.717) is 18.0 Å². The number of carbonyl (C=O) groups excluding carboxylic acids is 1. The van der Waals surface area contributed by atoms with E-state index in [4.69, 9.17) is 19.2 Å². The van der Waals surface area contributed by atoms with Crippen LogP contribution in [0.4, 0.5) is 0 Å². The predicted octanol–water partition coefficient (Wildman–Crippen LogP) is 4.71. The summed E-state index contributed by atoms with van der Waals surface area (Å²) in [6.45, 7) is 3.46. The van der Waals surface area contributed by atoms with Crippen LogP contribution in [-0.2, 0) is 16.0 Å². The maximum Gasteiger partial charge on any atom is 0.230 e. The zero-order chi connectivity index (χ0) is 23.9. The number of imidazole rings is 1. The van der Waals surface area contributed by atoms with Crippen LogP contribution < -0.4 is 14.8 Å². The van der Waals surface area contributed by atoms with Gasteiger partial charge in [-0.15, -0.1) is 0 Å². The summed E-state index contributed by atoms with van der Waals surface area (Å²) in [5, 5.41) is 3.74. The van der Waals surface area contributed by atoms with Crippen molar-refractivity contribution in [2.45, 2.75) is 37.3 Å². The summed E-state index contributed by atoms with van der Waals surface area (Å²) < 4.78 is 16.5. The maximum atomic E-state index is 12.5. The Morgan fingerprint density at radius 2 is 1.91 bits per heavy atom. The number of hydrogen-bond acceptors (Lipinski definition) is 6. The van der Waals surface area contributed by atoms with Crippen LogP contribution in [0.3, 0.4) is 0 Å². The number of aromatic amines is 1. The molecule has 1 aromatic heterocycles. The van der Waals surface area contributed by atoms with Gasteiger partial charge in [-0.3, -0.25) is 4.79 Å². The number of thioether (sulfide) groups is 1. The van der Waals surface area contributed by atoms with Gasteiger partial charge in [0.05, 0.1) is 31.8 Å². The Labute approximate surface area is 204 Å². The van der Waals surface area contributed by atoms with Crippen molar-refractivity contribution < 1.29 is 19.0 Å². The van der Waals surface area contributed by atoms with Crippen molar-refractivity contribution in [2.24, 2.45) is 0 Å². The van der Waals surface area contributed by atoms with Gasteiger partial charge < -0.3 is 24.5 Å². The van der Waals surface area contributed by atoms with Crippen LogP contribution in [0.1, 0.15) is 25.3 Å². The summed E-state index contributed by atoms with van der Waals surface area (Å²) in [6.07, 6.45) is 3.16. The minimum atomic E-state index is -0.0318. The van der Waals surface area contributed by atoms with Gasteiger partial charge in [-0.05, 0) is 43.0 Å². The molecule has 8 heteroatoms. The molecule has 34 heavy (non-hydrogen) atoms. The fourth-order valence-corrected chi connectivity index (χ4v) is 4.74. The van der Waals surface area contributed by atoms with Crippen LogP contribution in [0.2, 0.25) is 0 Å². The number of aromatic nitrogens is 2. The van der Waals surface area contributed by atoms with Crippen LogP contribution in [0, 0.1) is 0 Å². The van der Waals surface area contributed by atoms with E-state index in [1.807, 2.05) is 18.2 Å². The number of ether oxygens (including phenoxy) is 3. The number of nitrogens with zero attached hydrogens (tertiary/aromatic N) is 1. The zero-order valence-corrected chi connectivity index (χ0v) is 20.7. The number of benzene rings is 2. The maximum absolute atomic E-state index is 12.5. The summed E-state index contributed by atoms with van der Waals surface area (Å²) in [5.41, 5.74) is 4.01. The van der Waals surface area contributed by atoms with Crippen molar-refractivity contribution in [3.8, 4) is 34.1 Å². The molecule has 7 nitrogen and oxygen atoms in total. The Bertz CT molecular complexity index is 1110. The first-order valence-electron chi connectivity index (χ1n) is 11.5. The summed E-state index contributed by atoms with van der Waals surface area (Å²) >= 11 is 1.41. The van der Waals surface area contributed by atoms with Gasteiger partial charge >= 0.3 is 0 Å². The minimum Gasteiger partial charge on any atom is -0.493 e. The molecule has 2 N–H and O–H groups in total. The topological polar surface area (TPSA) is 85.5 Å². The number of hydrogen-bond donors (Lipinski definition) is 2. The molecule has 1 aliphatic rings. The van der Waals surface area contributed by atoms with Crippen molar-refractivity contribution in [1.29, 1.82) is 0 Å². The Hall–Kier alpha value is -2.97. The molecule has 1 atom stereocenters. The van der Waals surface area contributed by atoms with E-state index < -0.39 is 0 Å². The highest BCUT2D eigenvalue weighted by atomic mass is 32.2. The second-order valence-electron chi connectivity index (χ2n) is 8.11. The molecule has 1 amide bonds. The molecule has 3 aromatic rings. The van der Waals surface area contributed by atoms with E-state index >= 15 is 0 Å². The van der Waals surface area contributed by atoms with Crippen LogP contribution in [0.25, 0.3) is 22.6 Å². The van der Waals surface area contributed by atoms with Crippen LogP contribution >= 0.6 is 11.8 Å². The fraction of sp³-hybridized carbons (Fsp3) is 0.385. The SMILES string of the molecule is CCc1ccc(-c2nc(SCC(=O)NC[C@H]3CCCO3)c(-c3ccc(OC)c(OC)c3)[nH]2)cc1. The van der Waals surface area contributed by atoms with Crippen LogP contribution in [0.15, 0.2) is 47.5 Å². The summed E-state index contributed by atoms with van der Waals surface area (Å²) in [7, 11) is 3.23. The number of rotatable bonds is 10. The summed E-state index contributed by atoms with van der Waals surface area (Å²) in [6, 6.07) is 14.1. The van der Waals surface area contributed by atoms with E-state index in [2.05, 4.69) is 41.5 Å². The molecule has 0 radical (unpaired) electrons. The Kier molecular flexibility index (Phi) is 8.13. The molecular formula is C26H31N3O4S. The van der Waals surface area contributed by atoms with Gasteiger partial charge in [-0.2, -0.15) is 0 Å². The zero-order valence-electron chi connectivity index (χ0n) is 19.8. The lowest BCUT2D eigenvalue weighted by molar-refractivity contribution is -0.119. The quantitative estimate of drug-likeness (QED) is 0.408. The minimum absolute atomic E-state index is 0.0318. The number of amides is 1. The monoisotopic (exact) mass is 481 g/mol. The normalized spacial score (nSPS) is 15.3.